The maximum absolute atomic E-state index is 12.1. The highest BCUT2D eigenvalue weighted by Crippen LogP contribution is 2.40. The number of carboxylic acid groups (broad SMARTS) is 1. The number of hydrogen-bond acceptors (Lipinski definition) is 4. The average Bonchev–Trinajstić information content (AvgIpc) is 2.48. The van der Waals surface area contributed by atoms with Crippen LogP contribution in [0.1, 0.15) is 76.1 Å². The Hall–Kier alpha value is -1.62. The first-order valence-corrected chi connectivity index (χ1v) is 9.46. The molecule has 0 aromatic carbocycles. The van der Waals surface area contributed by atoms with Crippen LogP contribution in [0.15, 0.2) is 0 Å². The van der Waals surface area contributed by atoms with Gasteiger partial charge in [0.2, 0.25) is 0 Å². The van der Waals surface area contributed by atoms with E-state index in [0.29, 0.717) is 11.0 Å². The topological polar surface area (TPSA) is 62.7 Å². The summed E-state index contributed by atoms with van der Waals surface area (Å²) in [5.74, 6) is -0.966. The predicted molar refractivity (Wildman–Crippen MR) is 105 cm³/mol. The molecule has 0 unspecified atom stereocenters. The maximum Gasteiger partial charge on any atom is 0.337 e. The van der Waals surface area contributed by atoms with E-state index in [2.05, 4.69) is 23.7 Å². The van der Waals surface area contributed by atoms with Gasteiger partial charge < -0.3 is 14.7 Å². The van der Waals surface area contributed by atoms with Crippen LogP contribution in [0.2, 0.25) is 0 Å². The normalized spacial score (nSPS) is 18.7. The molecular weight excluding hydrogens is 328 g/mol. The molecule has 1 aromatic heterocycles. The van der Waals surface area contributed by atoms with Crippen LogP contribution in [0.5, 0.6) is 0 Å². The lowest BCUT2D eigenvalue weighted by Gasteiger charge is -2.41. The molecule has 1 aliphatic rings. The first-order chi connectivity index (χ1) is 11.8. The minimum absolute atomic E-state index is 0.329. The number of anilines is 1. The Bertz CT molecular complexity index is 679. The molecule has 1 aliphatic heterocycles. The molecule has 5 heteroatoms. The highest BCUT2D eigenvalue weighted by atomic mass is 16.5. The fourth-order valence-electron chi connectivity index (χ4n) is 3.58. The second kappa shape index (κ2) is 7.18. The van der Waals surface area contributed by atoms with Gasteiger partial charge in [0.25, 0.3) is 0 Å². The summed E-state index contributed by atoms with van der Waals surface area (Å²) in [6.45, 7) is 18.0. The van der Waals surface area contributed by atoms with Gasteiger partial charge in [-0.25, -0.2) is 4.79 Å². The molecule has 0 spiro atoms. The van der Waals surface area contributed by atoms with E-state index in [1.807, 2.05) is 41.5 Å². The number of rotatable bonds is 4. The number of piperidine rings is 1. The van der Waals surface area contributed by atoms with E-state index in [1.54, 1.807) is 0 Å². The van der Waals surface area contributed by atoms with Crippen LogP contribution in [0.25, 0.3) is 0 Å². The molecule has 1 fully saturated rings. The zero-order valence-corrected chi connectivity index (χ0v) is 17.6. The van der Waals surface area contributed by atoms with Crippen molar-refractivity contribution in [2.45, 2.75) is 79.9 Å². The van der Waals surface area contributed by atoms with Crippen molar-refractivity contribution in [1.82, 2.24) is 4.98 Å². The van der Waals surface area contributed by atoms with Crippen LogP contribution in [0.3, 0.4) is 0 Å². The van der Waals surface area contributed by atoms with Gasteiger partial charge in [-0.1, -0.05) is 13.8 Å². The van der Waals surface area contributed by atoms with Crippen molar-refractivity contribution in [2.24, 2.45) is 5.41 Å². The third kappa shape index (κ3) is 4.56. The number of aromatic nitrogens is 1. The molecule has 2 rings (SSSR count). The van der Waals surface area contributed by atoms with Gasteiger partial charge in [0.05, 0.1) is 5.60 Å². The molecule has 1 saturated heterocycles. The van der Waals surface area contributed by atoms with Crippen LogP contribution >= 0.6 is 0 Å². The molecule has 1 N–H and O–H groups in total. The summed E-state index contributed by atoms with van der Waals surface area (Å²) in [7, 11) is 0. The van der Waals surface area contributed by atoms with Gasteiger partial charge in [0.1, 0.15) is 0 Å². The quantitative estimate of drug-likeness (QED) is 0.850. The fourth-order valence-corrected chi connectivity index (χ4v) is 3.58. The first kappa shape index (κ1) is 20.7. The number of pyridine rings is 1. The summed E-state index contributed by atoms with van der Waals surface area (Å²) in [5.41, 5.74) is 4.22. The van der Waals surface area contributed by atoms with Crippen molar-refractivity contribution in [2.75, 3.05) is 18.0 Å². The fraction of sp³-hybridized carbons (Fsp3) is 0.714. The monoisotopic (exact) mass is 362 g/mol. The van der Waals surface area contributed by atoms with Gasteiger partial charge in [-0.3, -0.25) is 4.98 Å². The summed E-state index contributed by atoms with van der Waals surface area (Å²) in [6, 6.07) is 0. The summed E-state index contributed by atoms with van der Waals surface area (Å²) >= 11 is 0. The zero-order chi connectivity index (χ0) is 19.9. The van der Waals surface area contributed by atoms with E-state index >= 15 is 0 Å². The Morgan fingerprint density at radius 3 is 2.15 bits per heavy atom. The molecule has 0 amide bonds. The van der Waals surface area contributed by atoms with Crippen molar-refractivity contribution < 1.29 is 14.6 Å². The Labute approximate surface area is 157 Å². The lowest BCUT2D eigenvalue weighted by atomic mass is 9.82. The summed E-state index contributed by atoms with van der Waals surface area (Å²) in [4.78, 5) is 19.0. The standard InChI is InChI=1S/C21H34N2O3/c1-13-14(2)22-15(3)16(18(19(24)25)26-20(4,5)6)17(13)23-11-9-21(7,8)10-12-23/h18H,9-12H2,1-8H3,(H,24,25)/t18-/m0/s1. The molecule has 0 bridgehead atoms. The van der Waals surface area contributed by atoms with Gasteiger partial charge in [-0.05, 0) is 65.4 Å². The second-order valence-electron chi connectivity index (χ2n) is 9.27. The molecule has 26 heavy (non-hydrogen) atoms. The number of carbonyl (C=O) groups is 1. The SMILES string of the molecule is Cc1nc(C)c([C@H](OC(C)(C)C)C(=O)O)c(N2CCC(C)(C)CC2)c1C. The smallest absolute Gasteiger partial charge is 0.337 e. The molecule has 0 radical (unpaired) electrons. The maximum atomic E-state index is 12.1. The van der Waals surface area contributed by atoms with Crippen molar-refractivity contribution in [3.05, 3.63) is 22.5 Å². The molecular formula is C21H34N2O3. The van der Waals surface area contributed by atoms with E-state index < -0.39 is 17.7 Å². The highest BCUT2D eigenvalue weighted by molar-refractivity contribution is 5.79. The number of ether oxygens (including phenoxy) is 1. The molecule has 1 atom stereocenters. The highest BCUT2D eigenvalue weighted by Gasteiger charge is 2.35. The third-order valence-electron chi connectivity index (χ3n) is 5.27. The van der Waals surface area contributed by atoms with E-state index in [4.69, 9.17) is 4.74 Å². The van der Waals surface area contributed by atoms with Crippen LogP contribution in [0.4, 0.5) is 5.69 Å². The van der Waals surface area contributed by atoms with Gasteiger partial charge in [0.15, 0.2) is 6.10 Å². The van der Waals surface area contributed by atoms with Crippen molar-refractivity contribution in [1.29, 1.82) is 0 Å². The lowest BCUT2D eigenvalue weighted by Crippen LogP contribution is -2.39. The Morgan fingerprint density at radius 1 is 1.15 bits per heavy atom. The largest absolute Gasteiger partial charge is 0.479 e. The zero-order valence-electron chi connectivity index (χ0n) is 17.6. The van der Waals surface area contributed by atoms with Crippen molar-refractivity contribution in [3.8, 4) is 0 Å². The van der Waals surface area contributed by atoms with Crippen LogP contribution in [0, 0.1) is 26.2 Å². The summed E-state index contributed by atoms with van der Waals surface area (Å²) in [5, 5.41) is 9.91. The average molecular weight is 363 g/mol. The van der Waals surface area contributed by atoms with Crippen LogP contribution < -0.4 is 4.90 Å². The molecule has 146 valence electrons. The van der Waals surface area contributed by atoms with E-state index in [0.717, 1.165) is 48.6 Å². The van der Waals surface area contributed by atoms with E-state index in [1.165, 1.54) is 0 Å². The lowest BCUT2D eigenvalue weighted by molar-refractivity contribution is -0.160. The van der Waals surface area contributed by atoms with Gasteiger partial charge in [-0.2, -0.15) is 0 Å². The van der Waals surface area contributed by atoms with E-state index in [-0.39, 0.29) is 0 Å². The number of carboxylic acids is 1. The molecule has 0 aliphatic carbocycles. The summed E-state index contributed by atoms with van der Waals surface area (Å²) in [6.07, 6.45) is 1.15. The Kier molecular flexibility index (Phi) is 5.71. The molecule has 2 heterocycles. The number of nitrogens with zero attached hydrogens (tertiary/aromatic N) is 2. The number of hydrogen-bond donors (Lipinski definition) is 1. The molecule has 0 saturated carbocycles. The van der Waals surface area contributed by atoms with Gasteiger partial charge in [0, 0.05) is 35.7 Å². The predicted octanol–water partition coefficient (Wildman–Crippen LogP) is 4.57. The number of aliphatic carboxylic acids is 1. The summed E-state index contributed by atoms with van der Waals surface area (Å²) < 4.78 is 5.97. The second-order valence-corrected chi connectivity index (χ2v) is 9.27. The Balaban J connectivity index is 2.58. The van der Waals surface area contributed by atoms with Crippen molar-refractivity contribution in [3.63, 3.8) is 0 Å². The minimum Gasteiger partial charge on any atom is -0.479 e. The first-order valence-electron chi connectivity index (χ1n) is 9.46. The van der Waals surface area contributed by atoms with E-state index in [9.17, 15) is 9.90 Å². The number of aryl methyl sites for hydroxylation is 2. The molecule has 1 aromatic rings. The Morgan fingerprint density at radius 2 is 1.69 bits per heavy atom. The molecule has 5 nitrogen and oxygen atoms in total. The van der Waals surface area contributed by atoms with Crippen LogP contribution in [-0.2, 0) is 9.53 Å². The minimum atomic E-state index is -1.02. The van der Waals surface area contributed by atoms with Gasteiger partial charge in [-0.15, -0.1) is 0 Å². The van der Waals surface area contributed by atoms with Crippen molar-refractivity contribution >= 4 is 11.7 Å². The van der Waals surface area contributed by atoms with Gasteiger partial charge >= 0.3 is 5.97 Å². The third-order valence-corrected chi connectivity index (χ3v) is 5.27. The van der Waals surface area contributed by atoms with Crippen LogP contribution in [-0.4, -0.2) is 34.8 Å².